The highest BCUT2D eigenvalue weighted by atomic mass is 32.1. The minimum Gasteiger partial charge on any atom is -0.633 e. The quantitative estimate of drug-likeness (QED) is 0.225. The zero-order valence-electron chi connectivity index (χ0n) is 20.4. The summed E-state index contributed by atoms with van der Waals surface area (Å²) in [5.41, 5.74) is 1.90. The van der Waals surface area contributed by atoms with E-state index < -0.39 is 4.65 Å². The Morgan fingerprint density at radius 3 is 2.46 bits per heavy atom. The Hall–Kier alpha value is -2.91. The fourth-order valence-electron chi connectivity index (χ4n) is 4.28. The normalized spacial score (nSPS) is 13.0. The van der Waals surface area contributed by atoms with Crippen LogP contribution in [0, 0.1) is 11.0 Å². The molecule has 8 heteroatoms. The molecule has 4 aromatic rings. The van der Waals surface area contributed by atoms with E-state index in [2.05, 4.69) is 11.8 Å². The van der Waals surface area contributed by atoms with Crippen molar-refractivity contribution in [3.05, 3.63) is 104 Å². The van der Waals surface area contributed by atoms with Crippen molar-refractivity contribution in [2.45, 2.75) is 32.5 Å². The maximum Gasteiger partial charge on any atom is 0.262 e. The molecule has 0 amide bonds. The van der Waals surface area contributed by atoms with Gasteiger partial charge in [0.15, 0.2) is 0 Å². The van der Waals surface area contributed by atoms with Gasteiger partial charge >= 0.3 is 0 Å². The topological polar surface area (TPSA) is 61.2 Å². The van der Waals surface area contributed by atoms with Crippen molar-refractivity contribution in [1.29, 1.82) is 0 Å². The van der Waals surface area contributed by atoms with Crippen molar-refractivity contribution >= 4 is 21.6 Å². The Labute approximate surface area is 209 Å². The summed E-state index contributed by atoms with van der Waals surface area (Å²) < 4.78 is 14.9. The fourth-order valence-corrected chi connectivity index (χ4v) is 5.04. The van der Waals surface area contributed by atoms with Crippen LogP contribution >= 0.6 is 11.3 Å². The second-order valence-corrected chi connectivity index (χ2v) is 10.2. The van der Waals surface area contributed by atoms with Crippen molar-refractivity contribution in [2.24, 2.45) is 0 Å². The van der Waals surface area contributed by atoms with E-state index in [4.69, 9.17) is 4.98 Å². The highest BCUT2D eigenvalue weighted by molar-refractivity contribution is 7.16. The van der Waals surface area contributed by atoms with E-state index in [-0.39, 0.29) is 17.4 Å². The summed E-state index contributed by atoms with van der Waals surface area (Å²) in [5.74, 6) is 0.404. The van der Waals surface area contributed by atoms with E-state index in [1.807, 2.05) is 41.8 Å². The van der Waals surface area contributed by atoms with Crippen LogP contribution in [0.5, 0.6) is 0 Å². The van der Waals surface area contributed by atoms with Crippen LogP contribution in [0.1, 0.15) is 36.3 Å². The summed E-state index contributed by atoms with van der Waals surface area (Å²) in [5, 5.41) is 15.0. The van der Waals surface area contributed by atoms with Gasteiger partial charge in [-0.25, -0.2) is 9.37 Å². The van der Waals surface area contributed by atoms with Crippen LogP contribution in [0.2, 0.25) is 0 Å². The maximum atomic E-state index is 13.6. The molecule has 0 radical (unpaired) electrons. The number of nitrogens with zero attached hydrogens (tertiary/aromatic N) is 4. The van der Waals surface area contributed by atoms with Gasteiger partial charge in [0.05, 0.1) is 38.6 Å². The molecule has 0 fully saturated rings. The number of thiophene rings is 1. The fraction of sp³-hybridized carbons (Fsp3) is 0.333. The van der Waals surface area contributed by atoms with Crippen LogP contribution in [-0.2, 0) is 13.1 Å². The molecule has 1 unspecified atom stereocenters. The third-order valence-electron chi connectivity index (χ3n) is 6.15. The number of rotatable bonds is 10. The minimum atomic E-state index is -0.426. The first-order chi connectivity index (χ1) is 16.7. The summed E-state index contributed by atoms with van der Waals surface area (Å²) in [6.45, 7) is 3.88. The summed E-state index contributed by atoms with van der Waals surface area (Å²) in [4.78, 5) is 21.5. The lowest BCUT2D eigenvalue weighted by Crippen LogP contribution is -2.43. The highest BCUT2D eigenvalue weighted by Crippen LogP contribution is 2.27. The van der Waals surface area contributed by atoms with Gasteiger partial charge in [-0.2, -0.15) is 0 Å². The van der Waals surface area contributed by atoms with Crippen molar-refractivity contribution in [2.75, 3.05) is 27.2 Å². The lowest BCUT2D eigenvalue weighted by molar-refractivity contribution is -0.839. The predicted molar refractivity (Wildman–Crippen MR) is 140 cm³/mol. The van der Waals surface area contributed by atoms with Crippen molar-refractivity contribution < 1.29 is 9.04 Å². The molecule has 2 aromatic carbocycles. The first-order valence-electron chi connectivity index (χ1n) is 11.8. The van der Waals surface area contributed by atoms with Gasteiger partial charge < -0.3 is 9.85 Å². The van der Waals surface area contributed by atoms with Gasteiger partial charge in [0, 0.05) is 13.1 Å². The molecule has 0 spiro atoms. The number of benzene rings is 2. The molecule has 0 N–H and O–H groups in total. The molecule has 0 saturated heterocycles. The molecular weight excluding hydrogens is 463 g/mol. The lowest BCUT2D eigenvalue weighted by atomic mass is 10.1. The molecule has 0 aliphatic heterocycles. The average molecular weight is 495 g/mol. The summed E-state index contributed by atoms with van der Waals surface area (Å²) >= 11 is 1.46. The molecule has 6 nitrogen and oxygen atoms in total. The number of fused-ring (bicyclic) bond motifs is 1. The van der Waals surface area contributed by atoms with Crippen LogP contribution in [-0.4, -0.2) is 46.3 Å². The molecule has 35 heavy (non-hydrogen) atoms. The third-order valence-corrected chi connectivity index (χ3v) is 6.95. The molecule has 2 heterocycles. The molecule has 184 valence electrons. The Balaban J connectivity index is 1.79. The number of hydroxylamine groups is 3. The van der Waals surface area contributed by atoms with Crippen LogP contribution in [0.4, 0.5) is 4.39 Å². The summed E-state index contributed by atoms with van der Waals surface area (Å²) in [6, 6.07) is 17.9. The molecule has 4 rings (SSSR count). The van der Waals surface area contributed by atoms with E-state index >= 15 is 0 Å². The molecule has 0 aliphatic rings. The summed E-state index contributed by atoms with van der Waals surface area (Å²) in [6.07, 6.45) is 0.700. The van der Waals surface area contributed by atoms with Crippen LogP contribution in [0.15, 0.2) is 70.8 Å². The molecule has 2 aromatic heterocycles. The van der Waals surface area contributed by atoms with Gasteiger partial charge in [0.1, 0.15) is 16.5 Å². The average Bonchev–Trinajstić information content (AvgIpc) is 3.30. The Morgan fingerprint density at radius 2 is 1.80 bits per heavy atom. The first kappa shape index (κ1) is 25.2. The number of hydrogen-bond donors (Lipinski definition) is 0. The minimum absolute atomic E-state index is 0.0600. The molecule has 0 aliphatic carbocycles. The van der Waals surface area contributed by atoms with E-state index in [1.165, 1.54) is 23.5 Å². The second kappa shape index (κ2) is 10.8. The van der Waals surface area contributed by atoms with E-state index in [9.17, 15) is 14.4 Å². The molecule has 0 bridgehead atoms. The monoisotopic (exact) mass is 494 g/mol. The SMILES string of the molecule is CCC(c1nc2sccc2c(=O)n1Cc1ccccc1)N(CC[N+](C)(C)[O-])Cc1ccc(F)cc1. The number of halogens is 1. The molecule has 1 atom stereocenters. The zero-order valence-corrected chi connectivity index (χ0v) is 21.2. The van der Waals surface area contributed by atoms with Gasteiger partial charge in [-0.15, -0.1) is 11.3 Å². The van der Waals surface area contributed by atoms with E-state index in [0.717, 1.165) is 16.0 Å². The van der Waals surface area contributed by atoms with Crippen LogP contribution in [0.25, 0.3) is 10.2 Å². The highest BCUT2D eigenvalue weighted by Gasteiger charge is 2.26. The van der Waals surface area contributed by atoms with Crippen LogP contribution < -0.4 is 5.56 Å². The standard InChI is InChI=1S/C27H31FN4O2S/c1-4-24(30(15-16-32(2,3)34)18-21-10-12-22(28)13-11-21)25-29-26-23(14-17-35-26)27(33)31(25)19-20-8-6-5-7-9-20/h5-14,17,24H,4,15-16,18-19H2,1-3H3. The number of quaternary nitrogens is 1. The Morgan fingerprint density at radius 1 is 1.09 bits per heavy atom. The van der Waals surface area contributed by atoms with Crippen molar-refractivity contribution in [1.82, 2.24) is 14.5 Å². The number of hydrogen-bond acceptors (Lipinski definition) is 5. The van der Waals surface area contributed by atoms with Crippen LogP contribution in [0.3, 0.4) is 0 Å². The van der Waals surface area contributed by atoms with E-state index in [1.54, 1.807) is 30.8 Å². The number of aromatic nitrogens is 2. The number of likely N-dealkylation sites (N-methyl/N-ethyl adjacent to an activating group) is 1. The third kappa shape index (κ3) is 6.21. The van der Waals surface area contributed by atoms with E-state index in [0.29, 0.717) is 43.8 Å². The van der Waals surface area contributed by atoms with Gasteiger partial charge in [-0.1, -0.05) is 49.4 Å². The lowest BCUT2D eigenvalue weighted by Gasteiger charge is -2.38. The second-order valence-electron chi connectivity index (χ2n) is 9.30. The molecule has 0 saturated carbocycles. The van der Waals surface area contributed by atoms with Crippen molar-refractivity contribution in [3.8, 4) is 0 Å². The Bertz CT molecular complexity index is 1310. The zero-order chi connectivity index (χ0) is 25.0. The predicted octanol–water partition coefficient (Wildman–Crippen LogP) is 5.17. The maximum absolute atomic E-state index is 13.6. The largest absolute Gasteiger partial charge is 0.633 e. The molecular formula is C27H31FN4O2S. The van der Waals surface area contributed by atoms with Crippen molar-refractivity contribution in [3.63, 3.8) is 0 Å². The van der Waals surface area contributed by atoms with Gasteiger partial charge in [-0.3, -0.25) is 14.3 Å². The van der Waals surface area contributed by atoms with Gasteiger partial charge in [-0.05, 0) is 41.1 Å². The Kier molecular flexibility index (Phi) is 7.76. The van der Waals surface area contributed by atoms with Gasteiger partial charge in [0.25, 0.3) is 5.56 Å². The van der Waals surface area contributed by atoms with Gasteiger partial charge in [0.2, 0.25) is 0 Å². The summed E-state index contributed by atoms with van der Waals surface area (Å²) in [7, 11) is 3.25. The smallest absolute Gasteiger partial charge is 0.262 e. The first-order valence-corrected chi connectivity index (χ1v) is 12.7.